The molecule has 0 bridgehead atoms. The van der Waals surface area contributed by atoms with Crippen molar-refractivity contribution in [2.45, 2.75) is 0 Å². The molecule has 0 rings (SSSR count). The zero-order chi connectivity index (χ0) is 4.99. The lowest BCUT2D eigenvalue weighted by Crippen LogP contribution is -1.57. The molecular weight excluding hydrogens is 227 g/mol. The molecule has 34 valence electrons. The standard InChI is InChI=1S/C3H3Br2P/c1-2-3-6(4)5/h1H,3H2. The zero-order valence-corrected chi connectivity index (χ0v) is 7.05. The molecule has 0 heterocycles. The van der Waals surface area contributed by atoms with E-state index in [4.69, 9.17) is 6.42 Å². The van der Waals surface area contributed by atoms with Gasteiger partial charge in [-0.2, -0.15) is 0 Å². The van der Waals surface area contributed by atoms with Gasteiger partial charge in [0.15, 0.2) is 0 Å². The van der Waals surface area contributed by atoms with E-state index in [1.54, 1.807) is 0 Å². The molecule has 0 unspecified atom stereocenters. The second kappa shape index (κ2) is 4.12. The van der Waals surface area contributed by atoms with Gasteiger partial charge in [0.05, 0.1) is 0 Å². The highest BCUT2D eigenvalue weighted by Gasteiger charge is 1.88. The second-order valence-corrected chi connectivity index (χ2v) is 9.58. The molecule has 0 aromatic heterocycles. The SMILES string of the molecule is C#CCP(Br)Br. The summed E-state index contributed by atoms with van der Waals surface area (Å²) < 4.78 is 0. The lowest BCUT2D eigenvalue weighted by atomic mass is 10.8. The molecule has 0 aromatic rings. The van der Waals surface area contributed by atoms with E-state index in [-0.39, 0.29) is 5.33 Å². The highest BCUT2D eigenvalue weighted by molar-refractivity contribution is 9.69. The number of terminal acetylenes is 1. The molecule has 0 fully saturated rings. The van der Waals surface area contributed by atoms with Gasteiger partial charge in [-0.05, 0) is 31.0 Å². The second-order valence-electron chi connectivity index (χ2n) is 0.665. The Morgan fingerprint density at radius 1 is 1.67 bits per heavy atom. The molecular formula is C3H3Br2P. The summed E-state index contributed by atoms with van der Waals surface area (Å²) in [5.74, 6) is 2.50. The third-order valence-corrected chi connectivity index (χ3v) is 2.14. The highest BCUT2D eigenvalue weighted by atomic mass is 79.9. The van der Waals surface area contributed by atoms with Gasteiger partial charge < -0.3 is 0 Å². The summed E-state index contributed by atoms with van der Waals surface area (Å²) in [5.41, 5.74) is 0. The molecule has 0 aliphatic heterocycles. The largest absolute Gasteiger partial charge is 0.120 e. The maximum absolute atomic E-state index is 4.94. The van der Waals surface area contributed by atoms with Crippen LogP contribution in [-0.4, -0.2) is 6.16 Å². The van der Waals surface area contributed by atoms with E-state index in [2.05, 4.69) is 36.9 Å². The first kappa shape index (κ1) is 6.95. The van der Waals surface area contributed by atoms with Crippen LogP contribution in [0.4, 0.5) is 0 Å². The van der Waals surface area contributed by atoms with Gasteiger partial charge in [0.25, 0.3) is 0 Å². The van der Waals surface area contributed by atoms with Crippen LogP contribution in [0.2, 0.25) is 0 Å². The Labute approximate surface area is 54.9 Å². The molecule has 0 aliphatic carbocycles. The van der Waals surface area contributed by atoms with E-state index in [0.717, 1.165) is 6.16 Å². The van der Waals surface area contributed by atoms with Crippen molar-refractivity contribution in [2.24, 2.45) is 0 Å². The molecule has 0 amide bonds. The third kappa shape index (κ3) is 4.95. The van der Waals surface area contributed by atoms with Crippen molar-refractivity contribution in [3.63, 3.8) is 0 Å². The van der Waals surface area contributed by atoms with Gasteiger partial charge in [-0.3, -0.25) is 0 Å². The topological polar surface area (TPSA) is 0 Å². The number of hydrogen-bond donors (Lipinski definition) is 0. The van der Waals surface area contributed by atoms with Gasteiger partial charge in [-0.15, -0.1) is 12.3 Å². The molecule has 0 nitrogen and oxygen atoms in total. The summed E-state index contributed by atoms with van der Waals surface area (Å²) in [6.45, 7) is 0. The first-order valence-corrected chi connectivity index (χ1v) is 6.86. The normalized spacial score (nSPS) is 8.33. The summed E-state index contributed by atoms with van der Waals surface area (Å²) in [7, 11) is 0. The van der Waals surface area contributed by atoms with E-state index < -0.39 is 0 Å². The molecule has 0 radical (unpaired) electrons. The van der Waals surface area contributed by atoms with Crippen LogP contribution in [-0.2, 0) is 0 Å². The number of rotatable bonds is 1. The quantitative estimate of drug-likeness (QED) is 0.479. The average Bonchev–Trinajstić information content (AvgIpc) is 1.35. The smallest absolute Gasteiger partial charge is 0.0486 e. The number of hydrogen-bond acceptors (Lipinski definition) is 0. The van der Waals surface area contributed by atoms with Crippen molar-refractivity contribution in [1.29, 1.82) is 0 Å². The van der Waals surface area contributed by atoms with Crippen LogP contribution in [0.25, 0.3) is 0 Å². The Hall–Kier alpha value is 0.950. The Morgan fingerprint density at radius 3 is 2.17 bits per heavy atom. The Morgan fingerprint density at radius 2 is 2.17 bits per heavy atom. The Kier molecular flexibility index (Phi) is 4.77. The first-order chi connectivity index (χ1) is 2.77. The van der Waals surface area contributed by atoms with Crippen LogP contribution < -0.4 is 0 Å². The van der Waals surface area contributed by atoms with Crippen LogP contribution in [0, 0.1) is 12.3 Å². The van der Waals surface area contributed by atoms with Gasteiger partial charge >= 0.3 is 0 Å². The van der Waals surface area contributed by atoms with Crippen molar-refractivity contribution in [3.05, 3.63) is 0 Å². The third-order valence-electron chi connectivity index (χ3n) is 0.211. The lowest BCUT2D eigenvalue weighted by Gasteiger charge is -1.85. The zero-order valence-electron chi connectivity index (χ0n) is 2.99. The molecule has 0 saturated heterocycles. The van der Waals surface area contributed by atoms with Gasteiger partial charge in [-0.25, -0.2) is 0 Å². The van der Waals surface area contributed by atoms with Gasteiger partial charge in [0.2, 0.25) is 0 Å². The maximum Gasteiger partial charge on any atom is 0.0486 e. The minimum Gasteiger partial charge on any atom is -0.120 e. The molecule has 0 N–H and O–H groups in total. The summed E-state index contributed by atoms with van der Waals surface area (Å²) in [4.78, 5) is 0. The molecule has 0 spiro atoms. The summed E-state index contributed by atoms with van der Waals surface area (Å²) in [6.07, 6.45) is 5.74. The molecule has 0 atom stereocenters. The van der Waals surface area contributed by atoms with E-state index in [0.29, 0.717) is 0 Å². The monoisotopic (exact) mass is 228 g/mol. The van der Waals surface area contributed by atoms with E-state index >= 15 is 0 Å². The van der Waals surface area contributed by atoms with Crippen molar-refractivity contribution in [2.75, 3.05) is 6.16 Å². The van der Waals surface area contributed by atoms with Crippen LogP contribution >= 0.6 is 36.3 Å². The van der Waals surface area contributed by atoms with Crippen molar-refractivity contribution >= 4 is 36.3 Å². The van der Waals surface area contributed by atoms with E-state index in [1.165, 1.54) is 0 Å². The molecule has 3 heteroatoms. The molecule has 0 aromatic carbocycles. The maximum atomic E-state index is 4.94. The first-order valence-electron chi connectivity index (χ1n) is 1.30. The molecule has 0 saturated carbocycles. The summed E-state index contributed by atoms with van der Waals surface area (Å²) >= 11 is 6.55. The van der Waals surface area contributed by atoms with Gasteiger partial charge in [0.1, 0.15) is 0 Å². The summed E-state index contributed by atoms with van der Waals surface area (Å²) in [5, 5.41) is -0.212. The fraction of sp³-hybridized carbons (Fsp3) is 0.333. The Balaban J connectivity index is 2.88. The van der Waals surface area contributed by atoms with Gasteiger partial charge in [-0.1, -0.05) is 0 Å². The molecule has 6 heavy (non-hydrogen) atoms. The fourth-order valence-electron chi connectivity index (χ4n) is 0.0690. The van der Waals surface area contributed by atoms with Crippen molar-refractivity contribution in [1.82, 2.24) is 0 Å². The van der Waals surface area contributed by atoms with Crippen LogP contribution in [0.3, 0.4) is 0 Å². The van der Waals surface area contributed by atoms with Crippen LogP contribution in [0.1, 0.15) is 0 Å². The van der Waals surface area contributed by atoms with Crippen LogP contribution in [0.15, 0.2) is 0 Å². The van der Waals surface area contributed by atoms with E-state index in [9.17, 15) is 0 Å². The average molecular weight is 230 g/mol. The lowest BCUT2D eigenvalue weighted by molar-refractivity contribution is 1.97. The summed E-state index contributed by atoms with van der Waals surface area (Å²) in [6, 6.07) is 0. The predicted molar refractivity (Wildman–Crippen MR) is 38.5 cm³/mol. The van der Waals surface area contributed by atoms with Crippen LogP contribution in [0.5, 0.6) is 0 Å². The Bertz CT molecular complexity index is 63.7. The minimum atomic E-state index is -0.212. The minimum absolute atomic E-state index is 0.212. The fourth-order valence-corrected chi connectivity index (χ4v) is 1.08. The number of halogens is 2. The van der Waals surface area contributed by atoms with Crippen molar-refractivity contribution < 1.29 is 0 Å². The molecule has 0 aliphatic rings. The van der Waals surface area contributed by atoms with E-state index in [1.807, 2.05) is 0 Å². The van der Waals surface area contributed by atoms with Crippen molar-refractivity contribution in [3.8, 4) is 12.3 Å². The highest BCUT2D eigenvalue weighted by Crippen LogP contribution is 2.51. The van der Waals surface area contributed by atoms with Gasteiger partial charge in [0, 0.05) is 11.5 Å². The predicted octanol–water partition coefficient (Wildman–Crippen LogP) is 2.72.